The molecule has 3 N–H and O–H groups in total. The van der Waals surface area contributed by atoms with Crippen molar-refractivity contribution in [3.05, 3.63) is 0 Å². The van der Waals surface area contributed by atoms with Gasteiger partial charge in [0.25, 0.3) is 0 Å². The molecule has 1 fully saturated rings. The molecule has 1 atom stereocenters. The third kappa shape index (κ3) is 6.47. The van der Waals surface area contributed by atoms with E-state index in [0.717, 1.165) is 12.8 Å². The first-order valence-corrected chi connectivity index (χ1v) is 6.86. The Labute approximate surface area is 108 Å². The minimum absolute atomic E-state index is 0.0882. The van der Waals surface area contributed by atoms with Crippen molar-refractivity contribution in [1.29, 1.82) is 0 Å². The van der Waals surface area contributed by atoms with Gasteiger partial charge in [-0.15, -0.1) is 0 Å². The highest BCUT2D eigenvalue weighted by Gasteiger charge is 2.15. The Kier molecular flexibility index (Phi) is 6.54. The lowest BCUT2D eigenvalue weighted by atomic mass is 10.1. The molecule has 104 valence electrons. The van der Waals surface area contributed by atoms with Crippen LogP contribution in [0.2, 0.25) is 0 Å². The second kappa shape index (κ2) is 7.95. The van der Waals surface area contributed by atoms with Gasteiger partial charge in [0.15, 0.2) is 0 Å². The van der Waals surface area contributed by atoms with Gasteiger partial charge in [0, 0.05) is 18.5 Å². The number of hydrogen-bond donors (Lipinski definition) is 3. The maximum absolute atomic E-state index is 11.7. The van der Waals surface area contributed by atoms with Crippen molar-refractivity contribution in [3.8, 4) is 0 Å². The van der Waals surface area contributed by atoms with Crippen LogP contribution in [0, 0.1) is 0 Å². The van der Waals surface area contributed by atoms with Gasteiger partial charge in [-0.2, -0.15) is 0 Å². The van der Waals surface area contributed by atoms with E-state index in [9.17, 15) is 9.59 Å². The van der Waals surface area contributed by atoms with Crippen molar-refractivity contribution < 1.29 is 14.7 Å². The molecular weight excluding hydrogens is 232 g/mol. The SMILES string of the molecule is CC(CCC(=O)O)NC(=O)NC1CCCCCC1. The molecule has 2 amide bonds. The number of urea groups is 1. The highest BCUT2D eigenvalue weighted by molar-refractivity contribution is 5.74. The van der Waals surface area contributed by atoms with Crippen LogP contribution < -0.4 is 10.6 Å². The summed E-state index contributed by atoms with van der Waals surface area (Å²) in [4.78, 5) is 22.1. The van der Waals surface area contributed by atoms with E-state index < -0.39 is 5.97 Å². The highest BCUT2D eigenvalue weighted by atomic mass is 16.4. The van der Waals surface area contributed by atoms with E-state index in [-0.39, 0.29) is 24.5 Å². The average Bonchev–Trinajstić information content (AvgIpc) is 2.54. The molecule has 0 radical (unpaired) electrons. The van der Waals surface area contributed by atoms with Crippen LogP contribution in [0.1, 0.15) is 58.3 Å². The van der Waals surface area contributed by atoms with E-state index in [1.807, 2.05) is 6.92 Å². The molecule has 0 aromatic carbocycles. The molecule has 1 rings (SSSR count). The number of amides is 2. The van der Waals surface area contributed by atoms with E-state index in [4.69, 9.17) is 5.11 Å². The molecule has 0 saturated heterocycles. The van der Waals surface area contributed by atoms with E-state index in [1.54, 1.807) is 0 Å². The zero-order valence-corrected chi connectivity index (χ0v) is 11.1. The highest BCUT2D eigenvalue weighted by Crippen LogP contribution is 2.17. The zero-order chi connectivity index (χ0) is 13.4. The topological polar surface area (TPSA) is 78.4 Å². The maximum atomic E-state index is 11.7. The predicted octanol–water partition coefficient (Wildman–Crippen LogP) is 2.26. The minimum atomic E-state index is -0.826. The van der Waals surface area contributed by atoms with Crippen molar-refractivity contribution in [2.75, 3.05) is 0 Å². The number of carboxylic acids is 1. The lowest BCUT2D eigenvalue weighted by Gasteiger charge is -2.19. The molecule has 1 unspecified atom stereocenters. The summed E-state index contributed by atoms with van der Waals surface area (Å²) in [6.45, 7) is 1.83. The van der Waals surface area contributed by atoms with Gasteiger partial charge in [-0.05, 0) is 26.2 Å². The molecule has 0 bridgehead atoms. The predicted molar refractivity (Wildman–Crippen MR) is 69.5 cm³/mol. The lowest BCUT2D eigenvalue weighted by molar-refractivity contribution is -0.137. The quantitative estimate of drug-likeness (QED) is 0.660. The first-order chi connectivity index (χ1) is 8.58. The minimum Gasteiger partial charge on any atom is -0.481 e. The first kappa shape index (κ1) is 14.8. The van der Waals surface area contributed by atoms with Gasteiger partial charge >= 0.3 is 12.0 Å². The normalized spacial score (nSPS) is 18.7. The van der Waals surface area contributed by atoms with Crippen LogP contribution in [-0.2, 0) is 4.79 Å². The van der Waals surface area contributed by atoms with Gasteiger partial charge in [0.05, 0.1) is 0 Å². The Hall–Kier alpha value is -1.26. The average molecular weight is 256 g/mol. The van der Waals surface area contributed by atoms with Gasteiger partial charge < -0.3 is 15.7 Å². The molecule has 5 nitrogen and oxygen atoms in total. The number of rotatable bonds is 5. The molecule has 5 heteroatoms. The lowest BCUT2D eigenvalue weighted by Crippen LogP contribution is -2.45. The number of aliphatic carboxylic acids is 1. The second-order valence-corrected chi connectivity index (χ2v) is 5.14. The maximum Gasteiger partial charge on any atom is 0.315 e. The van der Waals surface area contributed by atoms with E-state index >= 15 is 0 Å². The Morgan fingerprint density at radius 3 is 2.39 bits per heavy atom. The van der Waals surface area contributed by atoms with Crippen LogP contribution in [-0.4, -0.2) is 29.2 Å². The number of carboxylic acid groups (broad SMARTS) is 1. The number of hydrogen-bond acceptors (Lipinski definition) is 2. The van der Waals surface area contributed by atoms with Gasteiger partial charge in [-0.3, -0.25) is 4.79 Å². The molecule has 0 aromatic rings. The summed E-state index contributed by atoms with van der Waals surface area (Å²) in [6.07, 6.45) is 7.54. The summed E-state index contributed by atoms with van der Waals surface area (Å²) < 4.78 is 0. The molecule has 0 aliphatic heterocycles. The van der Waals surface area contributed by atoms with Gasteiger partial charge in [0.1, 0.15) is 0 Å². The largest absolute Gasteiger partial charge is 0.481 e. The number of carbonyl (C=O) groups is 2. The summed E-state index contributed by atoms with van der Waals surface area (Å²) in [7, 11) is 0. The van der Waals surface area contributed by atoms with Crippen LogP contribution in [0.5, 0.6) is 0 Å². The fourth-order valence-electron chi connectivity index (χ4n) is 2.29. The first-order valence-electron chi connectivity index (χ1n) is 6.86. The van der Waals surface area contributed by atoms with Crippen LogP contribution >= 0.6 is 0 Å². The third-order valence-electron chi connectivity index (χ3n) is 3.36. The van der Waals surface area contributed by atoms with Crippen molar-refractivity contribution in [2.24, 2.45) is 0 Å². The van der Waals surface area contributed by atoms with Gasteiger partial charge in [-0.1, -0.05) is 25.7 Å². The van der Waals surface area contributed by atoms with Crippen LogP contribution in [0.4, 0.5) is 4.79 Å². The zero-order valence-electron chi connectivity index (χ0n) is 11.1. The fourth-order valence-corrected chi connectivity index (χ4v) is 2.29. The van der Waals surface area contributed by atoms with Gasteiger partial charge in [0.2, 0.25) is 0 Å². The summed E-state index contributed by atoms with van der Waals surface area (Å²) in [5.74, 6) is -0.826. The molecule has 1 aliphatic carbocycles. The van der Waals surface area contributed by atoms with Crippen LogP contribution in [0.15, 0.2) is 0 Å². The molecule has 0 heterocycles. The van der Waals surface area contributed by atoms with E-state index in [0.29, 0.717) is 6.42 Å². The van der Waals surface area contributed by atoms with Gasteiger partial charge in [-0.25, -0.2) is 4.79 Å². The molecule has 18 heavy (non-hydrogen) atoms. The monoisotopic (exact) mass is 256 g/mol. The Morgan fingerprint density at radius 1 is 1.22 bits per heavy atom. The summed E-state index contributed by atoms with van der Waals surface area (Å²) >= 11 is 0. The second-order valence-electron chi connectivity index (χ2n) is 5.14. The van der Waals surface area contributed by atoms with Crippen molar-refractivity contribution in [2.45, 2.75) is 70.4 Å². The molecular formula is C13H24N2O3. The smallest absolute Gasteiger partial charge is 0.315 e. The molecule has 0 spiro atoms. The van der Waals surface area contributed by atoms with E-state index in [1.165, 1.54) is 25.7 Å². The number of nitrogens with one attached hydrogen (secondary N) is 2. The van der Waals surface area contributed by atoms with Crippen molar-refractivity contribution in [1.82, 2.24) is 10.6 Å². The molecule has 1 saturated carbocycles. The molecule has 1 aliphatic rings. The standard InChI is InChI=1S/C13H24N2O3/c1-10(8-9-12(16)17)14-13(18)15-11-6-4-2-3-5-7-11/h10-11H,2-9H2,1H3,(H,16,17)(H2,14,15,18). The summed E-state index contributed by atoms with van der Waals surface area (Å²) in [5.41, 5.74) is 0. The van der Waals surface area contributed by atoms with E-state index in [2.05, 4.69) is 10.6 Å². The Morgan fingerprint density at radius 2 is 1.83 bits per heavy atom. The third-order valence-corrected chi connectivity index (χ3v) is 3.36. The Bertz CT molecular complexity index is 273. The Balaban J connectivity index is 2.20. The number of carbonyl (C=O) groups excluding carboxylic acids is 1. The summed E-state index contributed by atoms with van der Waals surface area (Å²) in [5, 5.41) is 14.3. The van der Waals surface area contributed by atoms with Crippen molar-refractivity contribution in [3.63, 3.8) is 0 Å². The van der Waals surface area contributed by atoms with Crippen LogP contribution in [0.3, 0.4) is 0 Å². The van der Waals surface area contributed by atoms with Crippen molar-refractivity contribution >= 4 is 12.0 Å². The van der Waals surface area contributed by atoms with Crippen LogP contribution in [0.25, 0.3) is 0 Å². The summed E-state index contributed by atoms with van der Waals surface area (Å²) in [6, 6.07) is 0.00541. The fraction of sp³-hybridized carbons (Fsp3) is 0.846. The molecule has 0 aromatic heterocycles.